The predicted octanol–water partition coefficient (Wildman–Crippen LogP) is 2.96. The van der Waals surface area contributed by atoms with Gasteiger partial charge < -0.3 is 18.9 Å². The van der Waals surface area contributed by atoms with E-state index in [9.17, 15) is 0 Å². The molecular formula is C17H21ClN2O4. The van der Waals surface area contributed by atoms with Crippen LogP contribution in [-0.4, -0.2) is 48.5 Å². The number of nitrogens with zero attached hydrogens (tertiary/aromatic N) is 2. The summed E-state index contributed by atoms with van der Waals surface area (Å²) in [6.45, 7) is 3.74. The van der Waals surface area contributed by atoms with Gasteiger partial charge in [-0.25, -0.2) is 4.98 Å². The van der Waals surface area contributed by atoms with E-state index >= 15 is 0 Å². The molecule has 0 aliphatic carbocycles. The lowest BCUT2D eigenvalue weighted by Crippen LogP contribution is -2.39. The minimum absolute atomic E-state index is 0.246. The van der Waals surface area contributed by atoms with Gasteiger partial charge in [0.15, 0.2) is 12.1 Å². The topological polar surface area (TPSA) is 62.7 Å². The first-order valence-electron chi connectivity index (χ1n) is 7.74. The second kappa shape index (κ2) is 6.90. The van der Waals surface area contributed by atoms with Gasteiger partial charge in [-0.2, -0.15) is 0 Å². The van der Waals surface area contributed by atoms with Crippen LogP contribution in [0.2, 0.25) is 5.02 Å². The van der Waals surface area contributed by atoms with Gasteiger partial charge >= 0.3 is 0 Å². The molecule has 0 radical (unpaired) electrons. The molecule has 2 heterocycles. The van der Waals surface area contributed by atoms with Crippen molar-refractivity contribution >= 4 is 22.6 Å². The Balaban J connectivity index is 1.84. The Morgan fingerprint density at radius 2 is 1.96 bits per heavy atom. The lowest BCUT2D eigenvalue weighted by atomic mass is 10.1. The molecule has 1 aliphatic rings. The highest BCUT2D eigenvalue weighted by atomic mass is 35.5. The largest absolute Gasteiger partial charge is 0.353 e. The Morgan fingerprint density at radius 3 is 2.67 bits per heavy atom. The molecular weight excluding hydrogens is 332 g/mol. The summed E-state index contributed by atoms with van der Waals surface area (Å²) in [6, 6.07) is 5.45. The van der Waals surface area contributed by atoms with Crippen molar-refractivity contribution in [3.63, 3.8) is 0 Å². The van der Waals surface area contributed by atoms with Crippen molar-refractivity contribution in [3.8, 4) is 0 Å². The molecule has 1 aliphatic heterocycles. The summed E-state index contributed by atoms with van der Waals surface area (Å²) in [5.41, 5.74) is 2.37. The molecule has 0 amide bonds. The van der Waals surface area contributed by atoms with Crippen LogP contribution in [0.15, 0.2) is 24.4 Å². The van der Waals surface area contributed by atoms with E-state index in [1.54, 1.807) is 32.5 Å². The van der Waals surface area contributed by atoms with E-state index in [0.29, 0.717) is 11.4 Å². The van der Waals surface area contributed by atoms with Crippen molar-refractivity contribution in [2.45, 2.75) is 44.6 Å². The van der Waals surface area contributed by atoms with Crippen molar-refractivity contribution in [1.29, 1.82) is 0 Å². The van der Waals surface area contributed by atoms with Gasteiger partial charge in [-0.15, -0.1) is 0 Å². The number of ether oxygens (including phenoxy) is 4. The zero-order valence-electron chi connectivity index (χ0n) is 14.2. The molecule has 1 saturated heterocycles. The number of hydrogen-bond acceptors (Lipinski definition) is 6. The Morgan fingerprint density at radius 1 is 1.21 bits per heavy atom. The van der Waals surface area contributed by atoms with Crippen LogP contribution in [0.4, 0.5) is 0 Å². The number of methoxy groups -OCH3 is 2. The molecule has 0 bridgehead atoms. The lowest BCUT2D eigenvalue weighted by molar-refractivity contribution is -0.201. The summed E-state index contributed by atoms with van der Waals surface area (Å²) in [5, 5.41) is 0.641. The molecule has 0 N–H and O–H groups in total. The van der Waals surface area contributed by atoms with E-state index in [4.69, 9.17) is 30.5 Å². The van der Waals surface area contributed by atoms with E-state index in [2.05, 4.69) is 9.97 Å². The molecule has 24 heavy (non-hydrogen) atoms. The minimum atomic E-state index is -0.706. The summed E-state index contributed by atoms with van der Waals surface area (Å²) in [7, 11) is 3.17. The maximum atomic E-state index is 6.01. The highest BCUT2D eigenvalue weighted by molar-refractivity contribution is 6.31. The summed E-state index contributed by atoms with van der Waals surface area (Å²) >= 11 is 5.98. The van der Waals surface area contributed by atoms with E-state index < -0.39 is 12.1 Å². The molecule has 3 rings (SSSR count). The average molecular weight is 353 g/mol. The molecule has 1 aromatic heterocycles. The van der Waals surface area contributed by atoms with Crippen LogP contribution < -0.4 is 0 Å². The molecule has 0 spiro atoms. The molecule has 2 unspecified atom stereocenters. The molecule has 0 saturated carbocycles. The maximum absolute atomic E-state index is 6.01. The fraction of sp³-hybridized carbons (Fsp3) is 0.529. The van der Waals surface area contributed by atoms with Crippen LogP contribution >= 0.6 is 11.6 Å². The molecule has 2 atom stereocenters. The third-order valence-corrected chi connectivity index (χ3v) is 4.15. The number of rotatable bonds is 5. The molecule has 130 valence electrons. The van der Waals surface area contributed by atoms with Crippen molar-refractivity contribution in [1.82, 2.24) is 9.97 Å². The Hall–Kier alpha value is -1.31. The Kier molecular flexibility index (Phi) is 5.03. The molecule has 6 nitrogen and oxygen atoms in total. The van der Waals surface area contributed by atoms with Gasteiger partial charge in [0.1, 0.15) is 6.10 Å². The van der Waals surface area contributed by atoms with Crippen molar-refractivity contribution in [2.24, 2.45) is 0 Å². The summed E-state index contributed by atoms with van der Waals surface area (Å²) < 4.78 is 22.7. The quantitative estimate of drug-likeness (QED) is 0.771. The summed E-state index contributed by atoms with van der Waals surface area (Å²) in [5.74, 6) is -0.706. The Bertz CT molecular complexity index is 721. The smallest absolute Gasteiger partial charge is 0.185 e. The van der Waals surface area contributed by atoms with Gasteiger partial charge in [-0.1, -0.05) is 11.6 Å². The first-order valence-corrected chi connectivity index (χ1v) is 8.12. The SMILES string of the molecule is COC(OC)C1OC(C)(C)OC1Cc1cnc2cc(Cl)ccc2n1. The number of halogens is 1. The zero-order chi connectivity index (χ0) is 17.3. The van der Waals surface area contributed by atoms with Gasteiger partial charge in [-0.05, 0) is 32.0 Å². The fourth-order valence-electron chi connectivity index (χ4n) is 2.94. The first-order chi connectivity index (χ1) is 11.4. The van der Waals surface area contributed by atoms with E-state index in [1.165, 1.54) is 0 Å². The monoisotopic (exact) mass is 352 g/mol. The van der Waals surface area contributed by atoms with Gasteiger partial charge in [0.05, 0.1) is 22.8 Å². The predicted molar refractivity (Wildman–Crippen MR) is 89.9 cm³/mol. The second-order valence-electron chi connectivity index (χ2n) is 6.18. The van der Waals surface area contributed by atoms with Crippen LogP contribution in [0.3, 0.4) is 0 Å². The third kappa shape index (κ3) is 3.68. The minimum Gasteiger partial charge on any atom is -0.353 e. The van der Waals surface area contributed by atoms with E-state index in [1.807, 2.05) is 19.9 Å². The molecule has 7 heteroatoms. The number of aromatic nitrogens is 2. The van der Waals surface area contributed by atoms with Crippen LogP contribution in [0.5, 0.6) is 0 Å². The normalized spacial score (nSPS) is 23.2. The van der Waals surface area contributed by atoms with Gasteiger partial charge in [0.2, 0.25) is 0 Å². The van der Waals surface area contributed by atoms with Crippen molar-refractivity contribution in [3.05, 3.63) is 35.1 Å². The molecule has 2 aromatic rings. The number of hydrogen-bond donors (Lipinski definition) is 0. The molecule has 1 aromatic carbocycles. The van der Waals surface area contributed by atoms with E-state index in [0.717, 1.165) is 16.7 Å². The van der Waals surface area contributed by atoms with Crippen molar-refractivity contribution in [2.75, 3.05) is 14.2 Å². The van der Waals surface area contributed by atoms with Crippen molar-refractivity contribution < 1.29 is 18.9 Å². The van der Waals surface area contributed by atoms with Gasteiger partial charge in [-0.3, -0.25) is 4.98 Å². The fourth-order valence-corrected chi connectivity index (χ4v) is 3.11. The summed E-state index contributed by atoms with van der Waals surface area (Å²) in [4.78, 5) is 9.06. The van der Waals surface area contributed by atoms with Gasteiger partial charge in [0, 0.05) is 31.9 Å². The number of benzene rings is 1. The lowest BCUT2D eigenvalue weighted by Gasteiger charge is -2.24. The highest BCUT2D eigenvalue weighted by Crippen LogP contribution is 2.32. The number of fused-ring (bicyclic) bond motifs is 1. The third-order valence-electron chi connectivity index (χ3n) is 3.92. The van der Waals surface area contributed by atoms with Crippen LogP contribution in [0.25, 0.3) is 11.0 Å². The van der Waals surface area contributed by atoms with Crippen LogP contribution in [0.1, 0.15) is 19.5 Å². The standard InChI is InChI=1S/C17H21ClN2O4/c1-17(2)23-14(15(24-17)16(21-3)22-4)8-11-9-19-13-7-10(18)5-6-12(13)20-11/h5-7,9,14-16H,8H2,1-4H3. The second-order valence-corrected chi connectivity index (χ2v) is 6.61. The first kappa shape index (κ1) is 17.5. The summed E-state index contributed by atoms with van der Waals surface area (Å²) in [6.07, 6.45) is 1.17. The highest BCUT2D eigenvalue weighted by Gasteiger charge is 2.45. The Labute approximate surface area is 146 Å². The van der Waals surface area contributed by atoms with Crippen LogP contribution in [-0.2, 0) is 25.4 Å². The molecule has 1 fully saturated rings. The van der Waals surface area contributed by atoms with Gasteiger partial charge in [0.25, 0.3) is 0 Å². The van der Waals surface area contributed by atoms with Crippen LogP contribution in [0, 0.1) is 0 Å². The zero-order valence-corrected chi connectivity index (χ0v) is 14.9. The average Bonchev–Trinajstić information content (AvgIpc) is 2.83. The van der Waals surface area contributed by atoms with E-state index in [-0.39, 0.29) is 12.2 Å². The maximum Gasteiger partial charge on any atom is 0.185 e.